The smallest absolute Gasteiger partial charge is 0.0853 e. The maximum atomic E-state index is 4.47. The van der Waals surface area contributed by atoms with Crippen LogP contribution in [0.5, 0.6) is 0 Å². The summed E-state index contributed by atoms with van der Waals surface area (Å²) in [4.78, 5) is 0. The predicted molar refractivity (Wildman–Crippen MR) is 80.5 cm³/mol. The topological polar surface area (TPSA) is 29.9 Å². The predicted octanol–water partition coefficient (Wildman–Crippen LogP) is 3.77. The Kier molecular flexibility index (Phi) is 3.93. The summed E-state index contributed by atoms with van der Waals surface area (Å²) in [5, 5.41) is 8.05. The molecule has 0 saturated carbocycles. The minimum Gasteiger partial charge on any atom is -0.376 e. The van der Waals surface area contributed by atoms with Gasteiger partial charge >= 0.3 is 0 Å². The summed E-state index contributed by atoms with van der Waals surface area (Å²) in [5.41, 5.74) is 6.24. The van der Waals surface area contributed by atoms with Crippen LogP contribution < -0.4 is 5.32 Å². The molecule has 0 aliphatic rings. The molecule has 1 aromatic heterocycles. The summed E-state index contributed by atoms with van der Waals surface area (Å²) < 4.78 is 1.87. The fourth-order valence-corrected chi connectivity index (χ4v) is 2.45. The second-order valence-corrected chi connectivity index (χ2v) is 5.24. The second-order valence-electron chi connectivity index (χ2n) is 5.24. The number of benzene rings is 1. The molecule has 1 N–H and O–H groups in total. The van der Waals surface area contributed by atoms with Crippen LogP contribution in [0.4, 0.5) is 5.69 Å². The molecule has 0 amide bonds. The van der Waals surface area contributed by atoms with Gasteiger partial charge in [0.25, 0.3) is 0 Å². The van der Waals surface area contributed by atoms with Crippen molar-refractivity contribution in [1.29, 1.82) is 0 Å². The first-order valence-corrected chi connectivity index (χ1v) is 6.87. The summed E-state index contributed by atoms with van der Waals surface area (Å²) in [6.45, 7) is 8.64. The Balaban J connectivity index is 2.25. The van der Waals surface area contributed by atoms with Gasteiger partial charge in [0.05, 0.1) is 11.4 Å². The Morgan fingerprint density at radius 1 is 1.32 bits per heavy atom. The normalized spacial score (nSPS) is 12.5. The molecule has 2 rings (SSSR count). The van der Waals surface area contributed by atoms with Crippen molar-refractivity contribution in [1.82, 2.24) is 9.78 Å². The SMILES string of the molecule is CCc1nn(C)cc1NC(C)c1cc(C)ccc1C. The van der Waals surface area contributed by atoms with Gasteiger partial charge in [-0.15, -0.1) is 0 Å². The number of anilines is 1. The Hall–Kier alpha value is -1.77. The van der Waals surface area contributed by atoms with Gasteiger partial charge in [-0.25, -0.2) is 0 Å². The van der Waals surface area contributed by atoms with Crippen LogP contribution >= 0.6 is 0 Å². The van der Waals surface area contributed by atoms with E-state index in [-0.39, 0.29) is 6.04 Å². The number of nitrogens with one attached hydrogen (secondary N) is 1. The third kappa shape index (κ3) is 2.98. The molecule has 102 valence electrons. The van der Waals surface area contributed by atoms with Crippen LogP contribution in [0.2, 0.25) is 0 Å². The molecule has 0 aliphatic carbocycles. The summed E-state index contributed by atoms with van der Waals surface area (Å²) in [5.74, 6) is 0. The van der Waals surface area contributed by atoms with E-state index in [0.29, 0.717) is 0 Å². The van der Waals surface area contributed by atoms with E-state index in [2.05, 4.69) is 62.5 Å². The summed E-state index contributed by atoms with van der Waals surface area (Å²) >= 11 is 0. The van der Waals surface area contributed by atoms with Gasteiger partial charge in [-0.2, -0.15) is 5.10 Å². The highest BCUT2D eigenvalue weighted by Crippen LogP contribution is 2.25. The van der Waals surface area contributed by atoms with Crippen molar-refractivity contribution in [2.45, 2.75) is 40.2 Å². The van der Waals surface area contributed by atoms with Crippen LogP contribution in [-0.4, -0.2) is 9.78 Å². The highest BCUT2D eigenvalue weighted by Gasteiger charge is 2.12. The first-order valence-electron chi connectivity index (χ1n) is 6.87. The van der Waals surface area contributed by atoms with Crippen molar-refractivity contribution < 1.29 is 0 Å². The van der Waals surface area contributed by atoms with Crippen molar-refractivity contribution in [3.63, 3.8) is 0 Å². The van der Waals surface area contributed by atoms with Crippen molar-refractivity contribution in [2.75, 3.05) is 5.32 Å². The monoisotopic (exact) mass is 257 g/mol. The molecule has 3 nitrogen and oxygen atoms in total. The molecular formula is C16H23N3. The molecular weight excluding hydrogens is 234 g/mol. The highest BCUT2D eigenvalue weighted by atomic mass is 15.3. The summed E-state index contributed by atoms with van der Waals surface area (Å²) in [6.07, 6.45) is 3.00. The van der Waals surface area contributed by atoms with Gasteiger partial charge in [0.2, 0.25) is 0 Å². The van der Waals surface area contributed by atoms with Crippen LogP contribution in [-0.2, 0) is 13.5 Å². The Labute approximate surface area is 115 Å². The molecule has 0 saturated heterocycles. The van der Waals surface area contributed by atoms with Crippen LogP contribution in [0.15, 0.2) is 24.4 Å². The van der Waals surface area contributed by atoms with Gasteiger partial charge in [-0.3, -0.25) is 4.68 Å². The summed E-state index contributed by atoms with van der Waals surface area (Å²) in [6, 6.07) is 6.89. The van der Waals surface area contributed by atoms with Crippen LogP contribution in [0.25, 0.3) is 0 Å². The lowest BCUT2D eigenvalue weighted by atomic mass is 10.00. The minimum absolute atomic E-state index is 0.286. The molecule has 0 spiro atoms. The standard InChI is InChI=1S/C16H23N3/c1-6-15-16(10-19(5)18-15)17-13(4)14-9-11(2)7-8-12(14)3/h7-10,13,17H,6H2,1-5H3. The quantitative estimate of drug-likeness (QED) is 0.903. The second kappa shape index (κ2) is 5.47. The largest absolute Gasteiger partial charge is 0.376 e. The first-order chi connectivity index (χ1) is 9.01. The lowest BCUT2D eigenvalue weighted by molar-refractivity contribution is 0.746. The molecule has 2 aromatic rings. The third-order valence-corrected chi connectivity index (χ3v) is 3.51. The van der Waals surface area contributed by atoms with Gasteiger partial charge in [0.1, 0.15) is 0 Å². The number of hydrogen-bond donors (Lipinski definition) is 1. The van der Waals surface area contributed by atoms with Crippen molar-refractivity contribution in [3.8, 4) is 0 Å². The van der Waals surface area contributed by atoms with Crippen LogP contribution in [0.3, 0.4) is 0 Å². The van der Waals surface area contributed by atoms with Gasteiger partial charge in [-0.05, 0) is 38.3 Å². The number of nitrogens with zero attached hydrogens (tertiary/aromatic N) is 2. The van der Waals surface area contributed by atoms with E-state index in [9.17, 15) is 0 Å². The molecule has 0 aliphatic heterocycles. The fraction of sp³-hybridized carbons (Fsp3) is 0.438. The van der Waals surface area contributed by atoms with E-state index in [1.807, 2.05) is 11.7 Å². The number of rotatable bonds is 4. The first kappa shape index (κ1) is 13.7. The van der Waals surface area contributed by atoms with Gasteiger partial charge in [0.15, 0.2) is 0 Å². The molecule has 0 bridgehead atoms. The van der Waals surface area contributed by atoms with E-state index in [1.165, 1.54) is 16.7 Å². The Morgan fingerprint density at radius 3 is 2.74 bits per heavy atom. The number of aryl methyl sites for hydroxylation is 4. The van der Waals surface area contributed by atoms with Crippen LogP contribution in [0, 0.1) is 13.8 Å². The van der Waals surface area contributed by atoms with Gasteiger partial charge in [0, 0.05) is 19.3 Å². The lowest BCUT2D eigenvalue weighted by Gasteiger charge is -2.18. The Morgan fingerprint density at radius 2 is 2.05 bits per heavy atom. The number of hydrogen-bond acceptors (Lipinski definition) is 2. The maximum Gasteiger partial charge on any atom is 0.0853 e. The molecule has 1 unspecified atom stereocenters. The van der Waals surface area contributed by atoms with Crippen molar-refractivity contribution in [3.05, 3.63) is 46.8 Å². The molecule has 0 radical (unpaired) electrons. The van der Waals surface area contributed by atoms with Gasteiger partial charge in [-0.1, -0.05) is 30.7 Å². The minimum atomic E-state index is 0.286. The molecule has 1 heterocycles. The van der Waals surface area contributed by atoms with Gasteiger partial charge < -0.3 is 5.32 Å². The average molecular weight is 257 g/mol. The van der Waals surface area contributed by atoms with E-state index < -0.39 is 0 Å². The van der Waals surface area contributed by atoms with E-state index in [1.54, 1.807) is 0 Å². The molecule has 1 aromatic carbocycles. The van der Waals surface area contributed by atoms with E-state index in [0.717, 1.165) is 17.8 Å². The van der Waals surface area contributed by atoms with Crippen LogP contribution in [0.1, 0.15) is 42.3 Å². The maximum absolute atomic E-state index is 4.47. The van der Waals surface area contributed by atoms with Crippen molar-refractivity contribution in [2.24, 2.45) is 7.05 Å². The molecule has 3 heteroatoms. The summed E-state index contributed by atoms with van der Waals surface area (Å²) in [7, 11) is 1.97. The van der Waals surface area contributed by atoms with E-state index >= 15 is 0 Å². The highest BCUT2D eigenvalue weighted by molar-refractivity contribution is 5.49. The molecule has 0 fully saturated rings. The zero-order chi connectivity index (χ0) is 14.0. The molecule has 1 atom stereocenters. The lowest BCUT2D eigenvalue weighted by Crippen LogP contribution is -2.09. The average Bonchev–Trinajstić information content (AvgIpc) is 2.72. The third-order valence-electron chi connectivity index (χ3n) is 3.51. The zero-order valence-corrected chi connectivity index (χ0v) is 12.5. The number of aromatic nitrogens is 2. The fourth-order valence-electron chi connectivity index (χ4n) is 2.45. The van der Waals surface area contributed by atoms with Crippen molar-refractivity contribution >= 4 is 5.69 Å². The molecule has 19 heavy (non-hydrogen) atoms. The van der Waals surface area contributed by atoms with E-state index in [4.69, 9.17) is 0 Å². The zero-order valence-electron chi connectivity index (χ0n) is 12.5. The Bertz CT molecular complexity index is 569.